The molecule has 3 N–H and O–H groups in total. The van der Waals surface area contributed by atoms with E-state index in [9.17, 15) is 20.1 Å². The van der Waals surface area contributed by atoms with Gasteiger partial charge in [-0.1, -0.05) is 42.5 Å². The highest BCUT2D eigenvalue weighted by Crippen LogP contribution is 2.20. The van der Waals surface area contributed by atoms with E-state index in [1.807, 2.05) is 0 Å². The number of para-hydroxylation sites is 1. The van der Waals surface area contributed by atoms with E-state index in [-0.39, 0.29) is 5.75 Å². The normalized spacial score (nSPS) is 14.0. The molecule has 2 rings (SSSR count). The van der Waals surface area contributed by atoms with Gasteiger partial charge in [-0.2, -0.15) is 0 Å². The Morgan fingerprint density at radius 3 is 2.29 bits per heavy atom. The van der Waals surface area contributed by atoms with E-state index in [1.54, 1.807) is 48.5 Å². The smallest absolute Gasteiger partial charge is 0.331 e. The van der Waals surface area contributed by atoms with E-state index in [0.29, 0.717) is 11.1 Å². The van der Waals surface area contributed by atoms with Gasteiger partial charge in [-0.25, -0.2) is 4.79 Å². The van der Waals surface area contributed by atoms with Crippen LogP contribution in [0.15, 0.2) is 59.6 Å². The second-order valence-corrected chi connectivity index (χ2v) is 4.48. The van der Waals surface area contributed by atoms with Crippen molar-refractivity contribution in [1.82, 2.24) is 0 Å². The molecule has 0 amide bonds. The number of hydrogen-bond acceptors (Lipinski definition) is 4. The van der Waals surface area contributed by atoms with Crippen LogP contribution in [0.5, 0.6) is 5.75 Å². The summed E-state index contributed by atoms with van der Waals surface area (Å²) in [6.07, 6.45) is -0.00824. The number of aliphatic carboxylic acids is 1. The number of aliphatic imine (C=N–C) groups is 1. The van der Waals surface area contributed by atoms with Gasteiger partial charge in [-0.15, -0.1) is 0 Å². The minimum atomic E-state index is -1.34. The average Bonchev–Trinajstić information content (AvgIpc) is 2.49. The molecule has 0 heterocycles. The highest BCUT2D eigenvalue weighted by molar-refractivity contribution is 5.86. The van der Waals surface area contributed by atoms with Crippen LogP contribution in [-0.2, 0) is 4.79 Å². The van der Waals surface area contributed by atoms with Crippen LogP contribution in [0.1, 0.15) is 17.2 Å². The zero-order valence-corrected chi connectivity index (χ0v) is 11.1. The lowest BCUT2D eigenvalue weighted by Gasteiger charge is -2.15. The number of phenols is 1. The minimum Gasteiger partial charge on any atom is -0.507 e. The highest BCUT2D eigenvalue weighted by Gasteiger charge is 2.26. The van der Waals surface area contributed by atoms with Gasteiger partial charge in [0.1, 0.15) is 11.9 Å². The molecule has 0 aromatic heterocycles. The summed E-state index contributed by atoms with van der Waals surface area (Å²) in [4.78, 5) is 15.2. The van der Waals surface area contributed by atoms with Crippen molar-refractivity contribution in [3.8, 4) is 5.75 Å². The lowest BCUT2D eigenvalue weighted by atomic mass is 10.0. The number of carboxylic acids is 1. The first kappa shape index (κ1) is 14.7. The molecule has 0 aliphatic heterocycles. The molecule has 0 radical (unpaired) electrons. The van der Waals surface area contributed by atoms with E-state index in [2.05, 4.69) is 4.99 Å². The third kappa shape index (κ3) is 3.67. The van der Waals surface area contributed by atoms with Crippen molar-refractivity contribution in [3.05, 3.63) is 65.7 Å². The summed E-state index contributed by atoms with van der Waals surface area (Å²) >= 11 is 0. The molecule has 0 aliphatic carbocycles. The first-order valence-corrected chi connectivity index (χ1v) is 6.36. The molecule has 2 atom stereocenters. The lowest BCUT2D eigenvalue weighted by molar-refractivity contribution is -0.141. The first-order chi connectivity index (χ1) is 10.1. The van der Waals surface area contributed by atoms with Gasteiger partial charge in [0.05, 0.1) is 0 Å². The van der Waals surface area contributed by atoms with Crippen molar-refractivity contribution < 1.29 is 20.1 Å². The van der Waals surface area contributed by atoms with Crippen molar-refractivity contribution in [3.63, 3.8) is 0 Å². The Morgan fingerprint density at radius 1 is 1.05 bits per heavy atom. The fourth-order valence-electron chi connectivity index (χ4n) is 1.87. The van der Waals surface area contributed by atoms with Crippen molar-refractivity contribution in [1.29, 1.82) is 0 Å². The van der Waals surface area contributed by atoms with Crippen molar-refractivity contribution in [2.75, 3.05) is 0 Å². The Morgan fingerprint density at radius 2 is 1.67 bits per heavy atom. The number of nitrogens with zero attached hydrogens (tertiary/aromatic N) is 1. The molecule has 0 unspecified atom stereocenters. The minimum absolute atomic E-state index is 0.000380. The lowest BCUT2D eigenvalue weighted by Crippen LogP contribution is -2.26. The number of rotatable bonds is 5. The molecule has 0 saturated heterocycles. The summed E-state index contributed by atoms with van der Waals surface area (Å²) < 4.78 is 0. The van der Waals surface area contributed by atoms with E-state index in [0.717, 1.165) is 0 Å². The van der Waals surface area contributed by atoms with E-state index in [4.69, 9.17) is 0 Å². The Hall–Kier alpha value is -2.66. The molecule has 5 nitrogen and oxygen atoms in total. The van der Waals surface area contributed by atoms with Crippen molar-refractivity contribution >= 4 is 12.2 Å². The SMILES string of the molecule is O=C(O)[C@H](N=Cc1ccccc1O)[C@@H](O)c1ccccc1. The van der Waals surface area contributed by atoms with Crippen LogP contribution in [-0.4, -0.2) is 33.5 Å². The summed E-state index contributed by atoms with van der Waals surface area (Å²) in [5.74, 6) is -1.24. The summed E-state index contributed by atoms with van der Waals surface area (Å²) in [5.41, 5.74) is 0.864. The zero-order chi connectivity index (χ0) is 15.2. The Balaban J connectivity index is 2.24. The number of aliphatic hydroxyl groups excluding tert-OH is 1. The summed E-state index contributed by atoms with van der Waals surface area (Å²) in [5, 5.41) is 29.0. The predicted octanol–water partition coefficient (Wildman–Crippen LogP) is 2.00. The van der Waals surface area contributed by atoms with Gasteiger partial charge >= 0.3 is 5.97 Å². The van der Waals surface area contributed by atoms with Crippen LogP contribution >= 0.6 is 0 Å². The fourth-order valence-corrected chi connectivity index (χ4v) is 1.87. The van der Waals surface area contributed by atoms with Crippen molar-refractivity contribution in [2.24, 2.45) is 4.99 Å². The van der Waals surface area contributed by atoms with Gasteiger partial charge in [0.2, 0.25) is 0 Å². The predicted molar refractivity (Wildman–Crippen MR) is 78.5 cm³/mol. The number of hydrogen-bond donors (Lipinski definition) is 3. The Labute approximate surface area is 121 Å². The number of benzene rings is 2. The molecule has 0 fully saturated rings. The molecule has 0 spiro atoms. The van der Waals surface area contributed by atoms with Gasteiger partial charge in [-0.3, -0.25) is 4.99 Å². The number of carbonyl (C=O) groups is 1. The second-order valence-electron chi connectivity index (χ2n) is 4.48. The van der Waals surface area contributed by atoms with Gasteiger partial charge in [0, 0.05) is 11.8 Å². The van der Waals surface area contributed by atoms with Gasteiger partial charge in [0.25, 0.3) is 0 Å². The van der Waals surface area contributed by atoms with Crippen LogP contribution in [0.25, 0.3) is 0 Å². The molecule has 21 heavy (non-hydrogen) atoms. The quantitative estimate of drug-likeness (QED) is 0.733. The average molecular weight is 285 g/mol. The zero-order valence-electron chi connectivity index (χ0n) is 11.1. The van der Waals surface area contributed by atoms with Gasteiger partial charge in [-0.05, 0) is 17.7 Å². The van der Waals surface area contributed by atoms with Crippen LogP contribution in [0.3, 0.4) is 0 Å². The molecule has 0 aliphatic rings. The first-order valence-electron chi connectivity index (χ1n) is 6.36. The summed E-state index contributed by atoms with van der Waals surface area (Å²) in [6, 6.07) is 13.6. The number of aromatic hydroxyl groups is 1. The maximum Gasteiger partial charge on any atom is 0.331 e. The van der Waals surface area contributed by atoms with Crippen LogP contribution in [0, 0.1) is 0 Å². The van der Waals surface area contributed by atoms with E-state index < -0.39 is 18.1 Å². The van der Waals surface area contributed by atoms with E-state index >= 15 is 0 Å². The summed E-state index contributed by atoms with van der Waals surface area (Å²) in [7, 11) is 0. The number of phenolic OH excluding ortho intramolecular Hbond substituents is 1. The highest BCUT2D eigenvalue weighted by atomic mass is 16.4. The number of carboxylic acid groups (broad SMARTS) is 1. The standard InChI is InChI=1S/C16H15NO4/c18-13-9-5-4-8-12(13)10-17-14(16(20)21)15(19)11-6-2-1-3-7-11/h1-10,14-15,18-19H,(H,20,21)/t14-,15+/m1/s1. The molecular weight excluding hydrogens is 270 g/mol. The third-order valence-corrected chi connectivity index (χ3v) is 3.00. The monoisotopic (exact) mass is 285 g/mol. The summed E-state index contributed by atoms with van der Waals surface area (Å²) in [6.45, 7) is 0. The van der Waals surface area contributed by atoms with E-state index in [1.165, 1.54) is 12.3 Å². The molecule has 5 heteroatoms. The third-order valence-electron chi connectivity index (χ3n) is 3.00. The Bertz CT molecular complexity index is 640. The van der Waals surface area contributed by atoms with Crippen molar-refractivity contribution in [2.45, 2.75) is 12.1 Å². The Kier molecular flexibility index (Phi) is 4.68. The van der Waals surface area contributed by atoms with Gasteiger partial charge < -0.3 is 15.3 Å². The maximum absolute atomic E-state index is 11.3. The molecular formula is C16H15NO4. The number of aliphatic hydroxyl groups is 1. The van der Waals surface area contributed by atoms with Crippen LogP contribution in [0.2, 0.25) is 0 Å². The van der Waals surface area contributed by atoms with Crippen LogP contribution < -0.4 is 0 Å². The van der Waals surface area contributed by atoms with Crippen LogP contribution in [0.4, 0.5) is 0 Å². The molecule has 2 aromatic carbocycles. The topological polar surface area (TPSA) is 90.1 Å². The molecule has 0 saturated carbocycles. The van der Waals surface area contributed by atoms with Gasteiger partial charge in [0.15, 0.2) is 6.04 Å². The molecule has 0 bridgehead atoms. The molecule has 108 valence electrons. The fraction of sp³-hybridized carbons (Fsp3) is 0.125. The second kappa shape index (κ2) is 6.67. The maximum atomic E-state index is 11.3. The largest absolute Gasteiger partial charge is 0.507 e. The molecule has 2 aromatic rings.